The van der Waals surface area contributed by atoms with E-state index in [-0.39, 0.29) is 22.8 Å². The summed E-state index contributed by atoms with van der Waals surface area (Å²) in [5.41, 5.74) is 1.95. The molecule has 0 radical (unpaired) electrons. The number of morpholine rings is 1. The Balaban J connectivity index is 1.59. The number of amides is 1. The van der Waals surface area contributed by atoms with Crippen LogP contribution in [0.5, 0.6) is 11.5 Å². The monoisotopic (exact) mass is 488 g/mol. The van der Waals surface area contributed by atoms with Crippen molar-refractivity contribution in [3.63, 3.8) is 0 Å². The molecule has 0 saturated carbocycles. The topological polar surface area (TPSA) is 94.2 Å². The highest BCUT2D eigenvalue weighted by molar-refractivity contribution is 7.89. The van der Waals surface area contributed by atoms with Gasteiger partial charge in [0.2, 0.25) is 10.0 Å². The molecular weight excluding hydrogens is 456 g/mol. The van der Waals surface area contributed by atoms with E-state index in [1.165, 1.54) is 10.4 Å². The molecule has 2 aliphatic heterocycles. The number of nitrogens with one attached hydrogen (secondary N) is 1. The first kappa shape index (κ1) is 24.5. The number of hydrogen-bond acceptors (Lipinski definition) is 6. The molecule has 8 nitrogen and oxygen atoms in total. The van der Waals surface area contributed by atoms with Crippen molar-refractivity contribution in [2.75, 3.05) is 39.5 Å². The number of hydrogen-bond donors (Lipinski definition) is 1. The molecule has 0 aromatic heterocycles. The Morgan fingerprint density at radius 2 is 1.68 bits per heavy atom. The van der Waals surface area contributed by atoms with E-state index in [0.29, 0.717) is 62.1 Å². The largest absolute Gasteiger partial charge is 0.490 e. The number of carbonyl (C=O) groups is 1. The van der Waals surface area contributed by atoms with Crippen molar-refractivity contribution < 1.29 is 27.4 Å². The van der Waals surface area contributed by atoms with Crippen LogP contribution in [0.3, 0.4) is 0 Å². The van der Waals surface area contributed by atoms with E-state index in [2.05, 4.69) is 5.32 Å². The van der Waals surface area contributed by atoms with Crippen LogP contribution in [0, 0.1) is 12.8 Å². The predicted molar refractivity (Wildman–Crippen MR) is 128 cm³/mol. The molecule has 0 unspecified atom stereocenters. The third kappa shape index (κ3) is 5.21. The van der Waals surface area contributed by atoms with Gasteiger partial charge in [0.25, 0.3) is 5.91 Å². The maximum Gasteiger partial charge on any atom is 0.252 e. The van der Waals surface area contributed by atoms with Gasteiger partial charge in [-0.05, 0) is 48.2 Å². The van der Waals surface area contributed by atoms with Gasteiger partial charge >= 0.3 is 0 Å². The van der Waals surface area contributed by atoms with Crippen LogP contribution in [-0.2, 0) is 14.8 Å². The van der Waals surface area contributed by atoms with Gasteiger partial charge in [-0.2, -0.15) is 4.31 Å². The summed E-state index contributed by atoms with van der Waals surface area (Å²) in [5.74, 6) is 1.15. The number of benzene rings is 2. The van der Waals surface area contributed by atoms with Gasteiger partial charge in [0.15, 0.2) is 11.5 Å². The zero-order valence-corrected chi connectivity index (χ0v) is 20.7. The molecule has 4 rings (SSSR count). The maximum atomic E-state index is 13.4. The molecule has 1 saturated heterocycles. The molecule has 9 heteroatoms. The smallest absolute Gasteiger partial charge is 0.252 e. The Morgan fingerprint density at radius 3 is 2.38 bits per heavy atom. The van der Waals surface area contributed by atoms with E-state index in [4.69, 9.17) is 14.2 Å². The zero-order valence-electron chi connectivity index (χ0n) is 19.9. The van der Waals surface area contributed by atoms with Crippen LogP contribution >= 0.6 is 0 Å². The molecule has 1 atom stereocenters. The van der Waals surface area contributed by atoms with Crippen molar-refractivity contribution >= 4 is 15.9 Å². The summed E-state index contributed by atoms with van der Waals surface area (Å²) in [5, 5.41) is 3.11. The van der Waals surface area contributed by atoms with Gasteiger partial charge < -0.3 is 19.5 Å². The minimum atomic E-state index is -3.70. The van der Waals surface area contributed by atoms with Crippen molar-refractivity contribution in [3.05, 3.63) is 53.1 Å². The molecule has 2 aromatic carbocycles. The maximum absolute atomic E-state index is 13.4. The highest BCUT2D eigenvalue weighted by Gasteiger charge is 2.28. The molecule has 0 spiro atoms. The molecule has 2 aliphatic rings. The van der Waals surface area contributed by atoms with Crippen molar-refractivity contribution in [1.82, 2.24) is 9.62 Å². The second kappa shape index (κ2) is 10.3. The summed E-state index contributed by atoms with van der Waals surface area (Å²) in [6.07, 6.45) is 0.817. The van der Waals surface area contributed by atoms with E-state index in [9.17, 15) is 13.2 Å². The fourth-order valence-corrected chi connectivity index (χ4v) is 5.60. The van der Waals surface area contributed by atoms with Gasteiger partial charge in [-0.3, -0.25) is 4.79 Å². The van der Waals surface area contributed by atoms with E-state index in [0.717, 1.165) is 12.0 Å². The Morgan fingerprint density at radius 1 is 0.971 bits per heavy atom. The molecule has 1 fully saturated rings. The lowest BCUT2D eigenvalue weighted by Gasteiger charge is -2.27. The first-order valence-electron chi connectivity index (χ1n) is 11.7. The van der Waals surface area contributed by atoms with Crippen LogP contribution in [-0.4, -0.2) is 58.1 Å². The van der Waals surface area contributed by atoms with Gasteiger partial charge in [0.05, 0.1) is 37.4 Å². The lowest BCUT2D eigenvalue weighted by molar-refractivity contribution is 0.0730. The van der Waals surface area contributed by atoms with Crippen LogP contribution in [0.2, 0.25) is 0 Å². The van der Waals surface area contributed by atoms with Crippen molar-refractivity contribution in [1.29, 1.82) is 0 Å². The van der Waals surface area contributed by atoms with E-state index in [1.54, 1.807) is 19.1 Å². The van der Waals surface area contributed by atoms with Gasteiger partial charge in [-0.25, -0.2) is 8.42 Å². The molecule has 34 heavy (non-hydrogen) atoms. The molecule has 1 N–H and O–H groups in total. The number of nitrogens with zero attached hydrogens (tertiary/aromatic N) is 1. The average Bonchev–Trinajstić information content (AvgIpc) is 3.08. The first-order valence-corrected chi connectivity index (χ1v) is 13.1. The van der Waals surface area contributed by atoms with Crippen LogP contribution in [0.4, 0.5) is 0 Å². The summed E-state index contributed by atoms with van der Waals surface area (Å²) < 4.78 is 44.4. The molecular formula is C25H32N2O6S. The predicted octanol–water partition coefficient (Wildman–Crippen LogP) is 3.30. The Bertz CT molecular complexity index is 1140. The normalized spacial score (nSPS) is 17.8. The highest BCUT2D eigenvalue weighted by atomic mass is 32.2. The van der Waals surface area contributed by atoms with Crippen molar-refractivity contribution in [2.45, 2.75) is 38.1 Å². The minimum absolute atomic E-state index is 0.0919. The Hall–Kier alpha value is -2.62. The summed E-state index contributed by atoms with van der Waals surface area (Å²) in [4.78, 5) is 13.5. The van der Waals surface area contributed by atoms with Crippen LogP contribution in [0.15, 0.2) is 41.3 Å². The van der Waals surface area contributed by atoms with Crippen LogP contribution in [0.25, 0.3) is 0 Å². The number of aryl methyl sites for hydroxylation is 1. The lowest BCUT2D eigenvalue weighted by Crippen LogP contribution is -2.40. The molecule has 184 valence electrons. The third-order valence-corrected chi connectivity index (χ3v) is 8.04. The summed E-state index contributed by atoms with van der Waals surface area (Å²) >= 11 is 0. The Kier molecular flexibility index (Phi) is 7.45. The Labute approximate surface area is 201 Å². The van der Waals surface area contributed by atoms with Gasteiger partial charge in [0.1, 0.15) is 0 Å². The number of carbonyl (C=O) groups excluding carboxylic acids is 1. The molecule has 2 heterocycles. The standard InChI is InChI=1S/C25H32N2O6S/c1-17(2)24(19-6-8-22-23(15-19)33-12-4-11-32-22)26-25(28)21-16-20(7-5-18(21)3)34(29,30)27-9-13-31-14-10-27/h5-8,15-17,24H,4,9-14H2,1-3H3,(H,26,28)/t24-/m0/s1. The number of sulfonamides is 1. The fourth-order valence-electron chi connectivity index (χ4n) is 4.17. The highest BCUT2D eigenvalue weighted by Crippen LogP contribution is 2.34. The number of ether oxygens (including phenoxy) is 3. The molecule has 1 amide bonds. The van der Waals surface area contributed by atoms with E-state index in [1.807, 2.05) is 32.0 Å². The van der Waals surface area contributed by atoms with Gasteiger partial charge in [-0.15, -0.1) is 0 Å². The van der Waals surface area contributed by atoms with Gasteiger partial charge in [-0.1, -0.05) is 26.0 Å². The summed E-state index contributed by atoms with van der Waals surface area (Å²) in [6, 6.07) is 10.1. The second-order valence-corrected chi connectivity index (χ2v) is 10.9. The summed E-state index contributed by atoms with van der Waals surface area (Å²) in [6.45, 7) is 8.39. The quantitative estimate of drug-likeness (QED) is 0.671. The van der Waals surface area contributed by atoms with Crippen LogP contribution < -0.4 is 14.8 Å². The van der Waals surface area contributed by atoms with Crippen LogP contribution in [0.1, 0.15) is 47.8 Å². The van der Waals surface area contributed by atoms with Gasteiger partial charge in [0, 0.05) is 25.1 Å². The van der Waals surface area contributed by atoms with E-state index < -0.39 is 10.0 Å². The summed E-state index contributed by atoms with van der Waals surface area (Å²) in [7, 11) is -3.70. The average molecular weight is 489 g/mol. The van der Waals surface area contributed by atoms with Crippen molar-refractivity contribution in [2.24, 2.45) is 5.92 Å². The minimum Gasteiger partial charge on any atom is -0.490 e. The van der Waals surface area contributed by atoms with Crippen molar-refractivity contribution in [3.8, 4) is 11.5 Å². The lowest BCUT2D eigenvalue weighted by atomic mass is 9.95. The number of rotatable bonds is 6. The molecule has 0 bridgehead atoms. The van der Waals surface area contributed by atoms with E-state index >= 15 is 0 Å². The zero-order chi connectivity index (χ0) is 24.3. The number of fused-ring (bicyclic) bond motifs is 1. The second-order valence-electron chi connectivity index (χ2n) is 8.94. The molecule has 2 aromatic rings. The first-order chi connectivity index (χ1) is 16.3. The molecule has 0 aliphatic carbocycles. The third-order valence-electron chi connectivity index (χ3n) is 6.15. The SMILES string of the molecule is Cc1ccc(S(=O)(=O)N2CCOCC2)cc1C(=O)N[C@H](c1ccc2c(c1)OCCCO2)C(C)C. The fraction of sp³-hybridized carbons (Fsp3) is 0.480.